The Morgan fingerprint density at radius 1 is 0.923 bits per heavy atom. The SMILES string of the molecule is CC(C)CCO.CCCCCCC. The lowest BCUT2D eigenvalue weighted by molar-refractivity contribution is 0.268. The third-order valence-corrected chi connectivity index (χ3v) is 1.91. The van der Waals surface area contributed by atoms with Gasteiger partial charge in [0.15, 0.2) is 0 Å². The molecule has 0 amide bonds. The maximum atomic E-state index is 8.24. The summed E-state index contributed by atoms with van der Waals surface area (Å²) in [7, 11) is 0. The van der Waals surface area contributed by atoms with Crippen LogP contribution in [-0.4, -0.2) is 11.7 Å². The normalized spacial score (nSPS) is 9.69. The van der Waals surface area contributed by atoms with Crippen LogP contribution < -0.4 is 0 Å². The van der Waals surface area contributed by atoms with Gasteiger partial charge < -0.3 is 5.11 Å². The van der Waals surface area contributed by atoms with Crippen molar-refractivity contribution in [3.05, 3.63) is 0 Å². The summed E-state index contributed by atoms with van der Waals surface area (Å²) in [4.78, 5) is 0. The molecule has 0 aromatic rings. The minimum atomic E-state index is 0.331. The molecule has 0 unspecified atom stereocenters. The molecule has 82 valence electrons. The number of rotatable bonds is 6. The van der Waals surface area contributed by atoms with Crippen molar-refractivity contribution < 1.29 is 5.11 Å². The van der Waals surface area contributed by atoms with Crippen LogP contribution in [0.5, 0.6) is 0 Å². The third kappa shape index (κ3) is 24.5. The Bertz CT molecular complexity index is 65.5. The third-order valence-electron chi connectivity index (χ3n) is 1.91. The van der Waals surface area contributed by atoms with Gasteiger partial charge in [0, 0.05) is 6.61 Å². The molecule has 0 aromatic heterocycles. The number of aliphatic hydroxyl groups excluding tert-OH is 1. The minimum absolute atomic E-state index is 0.331. The fourth-order valence-corrected chi connectivity index (χ4v) is 0.935. The van der Waals surface area contributed by atoms with Gasteiger partial charge in [0.25, 0.3) is 0 Å². The Labute approximate surface area is 84.6 Å². The average Bonchev–Trinajstić information content (AvgIpc) is 2.06. The molecular formula is C12H28O. The molecule has 0 spiro atoms. The van der Waals surface area contributed by atoms with Gasteiger partial charge in [0.1, 0.15) is 0 Å². The molecular weight excluding hydrogens is 160 g/mol. The summed E-state index contributed by atoms with van der Waals surface area (Å²) >= 11 is 0. The Balaban J connectivity index is 0. The Kier molecular flexibility index (Phi) is 17.2. The van der Waals surface area contributed by atoms with Crippen LogP contribution in [0.4, 0.5) is 0 Å². The van der Waals surface area contributed by atoms with Crippen LogP contribution in [0.3, 0.4) is 0 Å². The Morgan fingerprint density at radius 3 is 1.54 bits per heavy atom. The second-order valence-corrected chi connectivity index (χ2v) is 3.97. The zero-order valence-corrected chi connectivity index (χ0v) is 9.97. The van der Waals surface area contributed by atoms with Crippen LogP contribution in [0.1, 0.15) is 66.2 Å². The molecule has 0 saturated heterocycles. The van der Waals surface area contributed by atoms with Gasteiger partial charge in [-0.15, -0.1) is 0 Å². The summed E-state index contributed by atoms with van der Waals surface area (Å²) < 4.78 is 0. The predicted octanol–water partition coefficient (Wildman–Crippen LogP) is 4.00. The molecule has 13 heavy (non-hydrogen) atoms. The summed E-state index contributed by atoms with van der Waals surface area (Å²) in [5, 5.41) is 8.24. The highest BCUT2D eigenvalue weighted by Gasteiger charge is 1.86. The summed E-state index contributed by atoms with van der Waals surface area (Å²) in [6, 6.07) is 0. The lowest BCUT2D eigenvalue weighted by Crippen LogP contribution is -1.89. The molecule has 0 aliphatic rings. The summed E-state index contributed by atoms with van der Waals surface area (Å²) in [6.45, 7) is 9.01. The van der Waals surface area contributed by atoms with Gasteiger partial charge in [0.05, 0.1) is 0 Å². The van der Waals surface area contributed by atoms with Crippen molar-refractivity contribution >= 4 is 0 Å². The number of hydrogen-bond acceptors (Lipinski definition) is 1. The molecule has 1 N–H and O–H groups in total. The zero-order valence-electron chi connectivity index (χ0n) is 9.97. The fourth-order valence-electron chi connectivity index (χ4n) is 0.935. The van der Waals surface area contributed by atoms with E-state index in [-0.39, 0.29) is 0 Å². The number of aliphatic hydroxyl groups is 1. The molecule has 0 bridgehead atoms. The molecule has 1 nitrogen and oxygen atoms in total. The molecule has 0 aliphatic carbocycles. The van der Waals surface area contributed by atoms with Crippen molar-refractivity contribution in [3.63, 3.8) is 0 Å². The van der Waals surface area contributed by atoms with E-state index < -0.39 is 0 Å². The predicted molar refractivity (Wildman–Crippen MR) is 61.0 cm³/mol. The first-order valence-corrected chi connectivity index (χ1v) is 5.79. The first kappa shape index (κ1) is 15.4. The first-order valence-electron chi connectivity index (χ1n) is 5.79. The van der Waals surface area contributed by atoms with E-state index in [2.05, 4.69) is 27.7 Å². The van der Waals surface area contributed by atoms with Crippen molar-refractivity contribution in [2.75, 3.05) is 6.61 Å². The number of unbranched alkanes of at least 4 members (excludes halogenated alkanes) is 4. The van der Waals surface area contributed by atoms with Crippen LogP contribution in [0.25, 0.3) is 0 Å². The summed E-state index contributed by atoms with van der Waals surface area (Å²) in [5.74, 6) is 0.648. The van der Waals surface area contributed by atoms with E-state index in [0.717, 1.165) is 6.42 Å². The minimum Gasteiger partial charge on any atom is -0.396 e. The van der Waals surface area contributed by atoms with Gasteiger partial charge >= 0.3 is 0 Å². The Morgan fingerprint density at radius 2 is 1.38 bits per heavy atom. The standard InChI is InChI=1S/C7H16.C5H12O/c1-3-5-7-6-4-2;1-5(2)3-4-6/h3-7H2,1-2H3;5-6H,3-4H2,1-2H3. The molecule has 0 aromatic carbocycles. The van der Waals surface area contributed by atoms with E-state index in [4.69, 9.17) is 5.11 Å². The van der Waals surface area contributed by atoms with Crippen LogP contribution >= 0.6 is 0 Å². The highest BCUT2D eigenvalue weighted by atomic mass is 16.2. The van der Waals surface area contributed by atoms with Crippen LogP contribution in [-0.2, 0) is 0 Å². The molecule has 0 saturated carbocycles. The quantitative estimate of drug-likeness (QED) is 0.625. The van der Waals surface area contributed by atoms with Crippen molar-refractivity contribution in [2.45, 2.75) is 66.2 Å². The Hall–Kier alpha value is -0.0400. The highest BCUT2D eigenvalue weighted by molar-refractivity contribution is 4.38. The van der Waals surface area contributed by atoms with Gasteiger partial charge in [0.2, 0.25) is 0 Å². The topological polar surface area (TPSA) is 20.2 Å². The summed E-state index contributed by atoms with van der Waals surface area (Å²) in [6.07, 6.45) is 7.94. The second kappa shape index (κ2) is 14.5. The van der Waals surface area contributed by atoms with Crippen molar-refractivity contribution in [2.24, 2.45) is 5.92 Å². The summed E-state index contributed by atoms with van der Waals surface area (Å²) in [5.41, 5.74) is 0. The lowest BCUT2D eigenvalue weighted by Gasteiger charge is -1.95. The van der Waals surface area contributed by atoms with Gasteiger partial charge in [-0.05, 0) is 12.3 Å². The van der Waals surface area contributed by atoms with E-state index in [1.165, 1.54) is 32.1 Å². The van der Waals surface area contributed by atoms with E-state index >= 15 is 0 Å². The molecule has 1 heteroatoms. The number of hydrogen-bond donors (Lipinski definition) is 1. The first-order chi connectivity index (χ1) is 6.18. The van der Waals surface area contributed by atoms with E-state index in [9.17, 15) is 0 Å². The highest BCUT2D eigenvalue weighted by Crippen LogP contribution is 2.00. The van der Waals surface area contributed by atoms with Crippen molar-refractivity contribution in [1.29, 1.82) is 0 Å². The molecule has 0 fully saturated rings. The van der Waals surface area contributed by atoms with Crippen LogP contribution in [0.15, 0.2) is 0 Å². The fraction of sp³-hybridized carbons (Fsp3) is 1.00. The monoisotopic (exact) mass is 188 g/mol. The van der Waals surface area contributed by atoms with Gasteiger partial charge in [-0.1, -0.05) is 59.8 Å². The molecule has 0 atom stereocenters. The molecule has 0 rings (SSSR count). The van der Waals surface area contributed by atoms with E-state index in [0.29, 0.717) is 12.5 Å². The van der Waals surface area contributed by atoms with Gasteiger partial charge in [-0.3, -0.25) is 0 Å². The largest absolute Gasteiger partial charge is 0.396 e. The lowest BCUT2D eigenvalue weighted by atomic mass is 10.2. The second-order valence-electron chi connectivity index (χ2n) is 3.97. The zero-order chi connectivity index (χ0) is 10.5. The molecule has 0 radical (unpaired) electrons. The van der Waals surface area contributed by atoms with E-state index in [1.807, 2.05) is 0 Å². The van der Waals surface area contributed by atoms with Crippen molar-refractivity contribution in [3.8, 4) is 0 Å². The smallest absolute Gasteiger partial charge is 0.0433 e. The van der Waals surface area contributed by atoms with Gasteiger partial charge in [-0.2, -0.15) is 0 Å². The van der Waals surface area contributed by atoms with Gasteiger partial charge in [-0.25, -0.2) is 0 Å². The maximum absolute atomic E-state index is 8.24. The van der Waals surface area contributed by atoms with Crippen LogP contribution in [0, 0.1) is 5.92 Å². The van der Waals surface area contributed by atoms with Crippen molar-refractivity contribution in [1.82, 2.24) is 0 Å². The molecule has 0 aliphatic heterocycles. The maximum Gasteiger partial charge on any atom is 0.0433 e. The van der Waals surface area contributed by atoms with Crippen LogP contribution in [0.2, 0.25) is 0 Å². The van der Waals surface area contributed by atoms with E-state index in [1.54, 1.807) is 0 Å². The average molecular weight is 188 g/mol. The molecule has 0 heterocycles.